The fraction of sp³-hybridized carbons (Fsp3) is 0.857. The molecule has 0 saturated heterocycles. The Hall–Kier alpha value is -0.340. The lowest BCUT2D eigenvalue weighted by Crippen LogP contribution is -2.39. The maximum absolute atomic E-state index is 9.25. The summed E-state index contributed by atoms with van der Waals surface area (Å²) in [5, 5.41) is 12.9. The highest BCUT2D eigenvalue weighted by Gasteiger charge is 2.26. The van der Waals surface area contributed by atoms with Crippen molar-refractivity contribution in [3.63, 3.8) is 0 Å². The van der Waals surface area contributed by atoms with Gasteiger partial charge in [-0.3, -0.25) is 0 Å². The molecule has 1 saturated carbocycles. The predicted octanol–water partition coefficient (Wildman–Crippen LogP) is 2.87. The minimum Gasteiger partial charge on any atom is -0.396 e. The van der Waals surface area contributed by atoms with Gasteiger partial charge in [-0.2, -0.15) is 0 Å². The van der Waals surface area contributed by atoms with Gasteiger partial charge in [-0.15, -0.1) is 0 Å². The molecule has 0 aliphatic heterocycles. The number of allylic oxidation sites excluding steroid dienone is 2. The average Bonchev–Trinajstić information content (AvgIpc) is 2.64. The van der Waals surface area contributed by atoms with E-state index < -0.39 is 0 Å². The van der Waals surface area contributed by atoms with Gasteiger partial charge in [0.2, 0.25) is 0 Å². The summed E-state index contributed by atoms with van der Waals surface area (Å²) in [5.41, 5.74) is 1.40. The number of nitrogens with one attached hydrogen (secondary N) is 1. The predicted molar refractivity (Wildman–Crippen MR) is 69.5 cm³/mol. The van der Waals surface area contributed by atoms with Gasteiger partial charge in [-0.25, -0.2) is 0 Å². The van der Waals surface area contributed by atoms with E-state index in [0.717, 1.165) is 6.42 Å². The van der Waals surface area contributed by atoms with E-state index in [1.54, 1.807) is 0 Å². The van der Waals surface area contributed by atoms with Crippen LogP contribution in [0, 0.1) is 5.92 Å². The molecule has 0 spiro atoms. The van der Waals surface area contributed by atoms with Gasteiger partial charge in [0.15, 0.2) is 0 Å². The van der Waals surface area contributed by atoms with Gasteiger partial charge in [0.1, 0.15) is 0 Å². The van der Waals surface area contributed by atoms with Crippen LogP contribution in [0.1, 0.15) is 52.9 Å². The second kappa shape index (κ2) is 7.08. The van der Waals surface area contributed by atoms with Crippen molar-refractivity contribution in [3.05, 3.63) is 11.6 Å². The highest BCUT2D eigenvalue weighted by Crippen LogP contribution is 2.25. The summed E-state index contributed by atoms with van der Waals surface area (Å²) < 4.78 is 0. The Bertz CT molecular complexity index is 221. The van der Waals surface area contributed by atoms with Crippen molar-refractivity contribution in [2.24, 2.45) is 5.92 Å². The largest absolute Gasteiger partial charge is 0.396 e. The standard InChI is InChI=1S/C14H27NO/c1-11(2)6-4-7-12(3)15-14-9-5-8-13(14)10-16/h6,12-16H,4-5,7-10H2,1-3H3. The molecule has 0 aromatic heterocycles. The molecular weight excluding hydrogens is 198 g/mol. The molecule has 1 aliphatic rings. The lowest BCUT2D eigenvalue weighted by Gasteiger charge is -2.23. The van der Waals surface area contributed by atoms with Crippen LogP contribution in [0.15, 0.2) is 11.6 Å². The summed E-state index contributed by atoms with van der Waals surface area (Å²) in [4.78, 5) is 0. The van der Waals surface area contributed by atoms with Gasteiger partial charge in [0, 0.05) is 18.7 Å². The number of rotatable bonds is 6. The van der Waals surface area contributed by atoms with Gasteiger partial charge in [-0.1, -0.05) is 18.1 Å². The molecule has 94 valence electrons. The molecule has 0 amide bonds. The molecule has 3 unspecified atom stereocenters. The van der Waals surface area contributed by atoms with Gasteiger partial charge in [0.05, 0.1) is 0 Å². The van der Waals surface area contributed by atoms with Crippen molar-refractivity contribution in [1.29, 1.82) is 0 Å². The van der Waals surface area contributed by atoms with E-state index in [1.165, 1.54) is 31.3 Å². The SMILES string of the molecule is CC(C)=CCCC(C)NC1CCCC1CO. The highest BCUT2D eigenvalue weighted by atomic mass is 16.3. The first-order chi connectivity index (χ1) is 7.63. The maximum atomic E-state index is 9.25. The van der Waals surface area contributed by atoms with Gasteiger partial charge in [0.25, 0.3) is 0 Å². The Labute approximate surface area is 100 Å². The summed E-state index contributed by atoms with van der Waals surface area (Å²) in [6.45, 7) is 6.90. The molecule has 0 heterocycles. The molecule has 2 N–H and O–H groups in total. The van der Waals surface area contributed by atoms with E-state index in [9.17, 15) is 5.11 Å². The summed E-state index contributed by atoms with van der Waals surface area (Å²) in [6.07, 6.45) is 8.35. The van der Waals surface area contributed by atoms with Crippen molar-refractivity contribution < 1.29 is 5.11 Å². The van der Waals surface area contributed by atoms with E-state index >= 15 is 0 Å². The summed E-state index contributed by atoms with van der Waals surface area (Å²) >= 11 is 0. The Morgan fingerprint density at radius 3 is 2.81 bits per heavy atom. The van der Waals surface area contributed by atoms with E-state index in [4.69, 9.17) is 0 Å². The Morgan fingerprint density at radius 2 is 2.19 bits per heavy atom. The molecule has 1 rings (SSSR count). The normalized spacial score (nSPS) is 26.8. The molecule has 2 heteroatoms. The zero-order valence-electron chi connectivity index (χ0n) is 11.0. The molecule has 0 aromatic carbocycles. The number of aliphatic hydroxyl groups is 1. The van der Waals surface area contributed by atoms with Gasteiger partial charge >= 0.3 is 0 Å². The number of aliphatic hydroxyl groups excluding tert-OH is 1. The summed E-state index contributed by atoms with van der Waals surface area (Å²) in [7, 11) is 0. The van der Waals surface area contributed by atoms with Gasteiger partial charge < -0.3 is 10.4 Å². The lowest BCUT2D eigenvalue weighted by atomic mass is 10.0. The third-order valence-corrected chi connectivity index (χ3v) is 3.54. The van der Waals surface area contributed by atoms with E-state index in [-0.39, 0.29) is 0 Å². The smallest absolute Gasteiger partial charge is 0.0474 e. The topological polar surface area (TPSA) is 32.3 Å². The Balaban J connectivity index is 2.22. The summed E-state index contributed by atoms with van der Waals surface area (Å²) in [6, 6.07) is 1.11. The first kappa shape index (κ1) is 13.7. The molecule has 16 heavy (non-hydrogen) atoms. The molecule has 0 radical (unpaired) electrons. The third kappa shape index (κ3) is 4.67. The van der Waals surface area contributed by atoms with Crippen LogP contribution in [0.4, 0.5) is 0 Å². The quantitative estimate of drug-likeness (QED) is 0.681. The molecular formula is C14H27NO. The van der Waals surface area contributed by atoms with Crippen molar-refractivity contribution in [1.82, 2.24) is 5.32 Å². The number of hydrogen-bond acceptors (Lipinski definition) is 2. The number of hydrogen-bond donors (Lipinski definition) is 2. The van der Waals surface area contributed by atoms with Crippen molar-refractivity contribution in [2.75, 3.05) is 6.61 Å². The lowest BCUT2D eigenvalue weighted by molar-refractivity contribution is 0.199. The van der Waals surface area contributed by atoms with E-state index in [2.05, 4.69) is 32.2 Å². The Morgan fingerprint density at radius 1 is 1.44 bits per heavy atom. The van der Waals surface area contributed by atoms with E-state index in [1.807, 2.05) is 0 Å². The van der Waals surface area contributed by atoms with Crippen LogP contribution in [0.2, 0.25) is 0 Å². The summed E-state index contributed by atoms with van der Waals surface area (Å²) in [5.74, 6) is 0.492. The maximum Gasteiger partial charge on any atom is 0.0474 e. The monoisotopic (exact) mass is 225 g/mol. The van der Waals surface area contributed by atoms with Crippen LogP contribution >= 0.6 is 0 Å². The van der Waals surface area contributed by atoms with Crippen molar-refractivity contribution >= 4 is 0 Å². The fourth-order valence-corrected chi connectivity index (χ4v) is 2.55. The molecule has 3 atom stereocenters. The average molecular weight is 225 g/mol. The molecule has 0 aromatic rings. The minimum absolute atomic E-state index is 0.346. The molecule has 1 aliphatic carbocycles. The van der Waals surface area contributed by atoms with E-state index in [0.29, 0.717) is 24.6 Å². The minimum atomic E-state index is 0.346. The van der Waals surface area contributed by atoms with Crippen LogP contribution < -0.4 is 5.32 Å². The Kier molecular flexibility index (Phi) is 6.07. The highest BCUT2D eigenvalue weighted by molar-refractivity contribution is 4.93. The first-order valence-electron chi connectivity index (χ1n) is 6.63. The van der Waals surface area contributed by atoms with Crippen LogP contribution in [0.5, 0.6) is 0 Å². The fourth-order valence-electron chi connectivity index (χ4n) is 2.55. The van der Waals surface area contributed by atoms with Crippen molar-refractivity contribution in [3.8, 4) is 0 Å². The first-order valence-corrected chi connectivity index (χ1v) is 6.63. The second-order valence-corrected chi connectivity index (χ2v) is 5.41. The van der Waals surface area contributed by atoms with Crippen LogP contribution in [-0.2, 0) is 0 Å². The third-order valence-electron chi connectivity index (χ3n) is 3.54. The van der Waals surface area contributed by atoms with Crippen LogP contribution in [0.3, 0.4) is 0 Å². The zero-order valence-corrected chi connectivity index (χ0v) is 11.0. The van der Waals surface area contributed by atoms with Crippen LogP contribution in [0.25, 0.3) is 0 Å². The van der Waals surface area contributed by atoms with Gasteiger partial charge in [-0.05, 0) is 52.4 Å². The molecule has 1 fully saturated rings. The van der Waals surface area contributed by atoms with Crippen LogP contribution in [-0.4, -0.2) is 23.8 Å². The zero-order chi connectivity index (χ0) is 12.0. The van der Waals surface area contributed by atoms with Crippen molar-refractivity contribution in [2.45, 2.75) is 65.0 Å². The second-order valence-electron chi connectivity index (χ2n) is 5.41. The molecule has 0 bridgehead atoms. The molecule has 2 nitrogen and oxygen atoms in total.